The lowest BCUT2D eigenvalue weighted by Crippen LogP contribution is -2.33. The van der Waals surface area contributed by atoms with Crippen molar-refractivity contribution in [2.24, 2.45) is 0 Å². The Kier molecular flexibility index (Phi) is 6.60. The van der Waals surface area contributed by atoms with Crippen LogP contribution in [-0.2, 0) is 0 Å². The maximum Gasteiger partial charge on any atom is 0.293 e. The molecule has 1 amide bonds. The van der Waals surface area contributed by atoms with Crippen molar-refractivity contribution >= 4 is 39.9 Å². The Labute approximate surface area is 167 Å². The predicted molar refractivity (Wildman–Crippen MR) is 111 cm³/mol. The summed E-state index contributed by atoms with van der Waals surface area (Å²) < 4.78 is 25.1. The zero-order valence-electron chi connectivity index (χ0n) is 15.5. The molecule has 3 aromatic rings. The van der Waals surface area contributed by atoms with Crippen LogP contribution in [0.2, 0.25) is 0 Å². The third kappa shape index (κ3) is 5.07. The summed E-state index contributed by atoms with van der Waals surface area (Å²) in [5, 5.41) is 6.17. The van der Waals surface area contributed by atoms with E-state index in [-0.39, 0.29) is 16.6 Å². The number of carbonyl (C=O) groups is 1. The van der Waals surface area contributed by atoms with Gasteiger partial charge in [0.25, 0.3) is 5.91 Å². The molecule has 0 aliphatic heterocycles. The van der Waals surface area contributed by atoms with Crippen LogP contribution >= 0.6 is 12.2 Å². The summed E-state index contributed by atoms with van der Waals surface area (Å²) in [4.78, 5) is 12.3. The Morgan fingerprint density at radius 1 is 1.18 bits per heavy atom. The smallest absolute Gasteiger partial charge is 0.293 e. The average Bonchev–Trinajstić information content (AvgIpc) is 3.11. The van der Waals surface area contributed by atoms with Crippen molar-refractivity contribution in [1.29, 1.82) is 0 Å². The number of unbranched alkanes of at least 4 members (excludes halogenated alkanes) is 2. The molecule has 0 atom stereocenters. The first-order chi connectivity index (χ1) is 13.6. The number of hydrogen-bond acceptors (Lipinski definition) is 4. The molecule has 2 aromatic carbocycles. The molecular formula is C21H21FN2O3S. The second-order valence-electron chi connectivity index (χ2n) is 6.26. The van der Waals surface area contributed by atoms with E-state index in [9.17, 15) is 9.18 Å². The zero-order valence-corrected chi connectivity index (χ0v) is 16.3. The van der Waals surface area contributed by atoms with Gasteiger partial charge in [0.05, 0.1) is 6.61 Å². The standard InChI is InChI=1S/C21H21FN2O3S/c1-2-3-6-11-26-18-10-9-15(13-16(18)22)23-21(28)24-20(25)19-12-14-7-4-5-8-17(14)27-19/h4-5,7-10,12-13H,2-3,6,11H2,1H3,(H2,23,24,25,28). The van der Waals surface area contributed by atoms with Crippen molar-refractivity contribution in [3.63, 3.8) is 0 Å². The number of ether oxygens (including phenoxy) is 1. The largest absolute Gasteiger partial charge is 0.491 e. The lowest BCUT2D eigenvalue weighted by atomic mass is 10.2. The van der Waals surface area contributed by atoms with Crippen LogP contribution < -0.4 is 15.4 Å². The van der Waals surface area contributed by atoms with Crippen molar-refractivity contribution in [2.75, 3.05) is 11.9 Å². The number of anilines is 1. The van der Waals surface area contributed by atoms with Crippen molar-refractivity contribution < 1.29 is 18.3 Å². The van der Waals surface area contributed by atoms with Gasteiger partial charge in [-0.25, -0.2) is 4.39 Å². The lowest BCUT2D eigenvalue weighted by Gasteiger charge is -2.11. The second-order valence-corrected chi connectivity index (χ2v) is 6.67. The molecule has 1 aromatic heterocycles. The molecule has 0 aliphatic rings. The highest BCUT2D eigenvalue weighted by Crippen LogP contribution is 2.22. The Balaban J connectivity index is 1.56. The van der Waals surface area contributed by atoms with Crippen molar-refractivity contribution in [3.8, 4) is 5.75 Å². The number of halogens is 1. The molecule has 7 heteroatoms. The molecule has 3 rings (SSSR count). The average molecular weight is 400 g/mol. The number of para-hydroxylation sites is 1. The molecule has 0 spiro atoms. The number of carbonyl (C=O) groups excluding carboxylic acids is 1. The van der Waals surface area contributed by atoms with Gasteiger partial charge in [-0.05, 0) is 42.9 Å². The van der Waals surface area contributed by atoms with Crippen LogP contribution in [0.5, 0.6) is 5.75 Å². The Morgan fingerprint density at radius 2 is 2.00 bits per heavy atom. The SMILES string of the molecule is CCCCCOc1ccc(NC(=S)NC(=O)c2cc3ccccc3o2)cc1F. The van der Waals surface area contributed by atoms with Gasteiger partial charge in [0.15, 0.2) is 22.4 Å². The van der Waals surface area contributed by atoms with Gasteiger partial charge in [0.1, 0.15) is 5.58 Å². The highest BCUT2D eigenvalue weighted by atomic mass is 32.1. The molecule has 5 nitrogen and oxygen atoms in total. The first kappa shape index (κ1) is 19.8. The van der Waals surface area contributed by atoms with E-state index < -0.39 is 11.7 Å². The number of fused-ring (bicyclic) bond motifs is 1. The Morgan fingerprint density at radius 3 is 2.75 bits per heavy atom. The van der Waals surface area contributed by atoms with Crippen LogP contribution in [0.1, 0.15) is 36.7 Å². The van der Waals surface area contributed by atoms with Crippen LogP contribution in [0.25, 0.3) is 11.0 Å². The van der Waals surface area contributed by atoms with Crippen LogP contribution in [0, 0.1) is 5.82 Å². The molecule has 0 saturated heterocycles. The first-order valence-electron chi connectivity index (χ1n) is 9.10. The third-order valence-corrected chi connectivity index (χ3v) is 4.28. The van der Waals surface area contributed by atoms with E-state index in [2.05, 4.69) is 17.6 Å². The molecule has 1 heterocycles. The topological polar surface area (TPSA) is 63.5 Å². The van der Waals surface area contributed by atoms with E-state index in [4.69, 9.17) is 21.4 Å². The van der Waals surface area contributed by atoms with Gasteiger partial charge in [0, 0.05) is 17.1 Å². The Hall–Kier alpha value is -2.93. The fourth-order valence-electron chi connectivity index (χ4n) is 2.65. The van der Waals surface area contributed by atoms with Crippen molar-refractivity contribution in [3.05, 3.63) is 60.1 Å². The van der Waals surface area contributed by atoms with E-state index in [1.54, 1.807) is 18.2 Å². The van der Waals surface area contributed by atoms with Gasteiger partial charge < -0.3 is 14.5 Å². The van der Waals surface area contributed by atoms with Gasteiger partial charge in [-0.1, -0.05) is 38.0 Å². The van der Waals surface area contributed by atoms with Gasteiger partial charge in [-0.2, -0.15) is 0 Å². The molecule has 0 unspecified atom stereocenters. The van der Waals surface area contributed by atoms with Gasteiger partial charge >= 0.3 is 0 Å². The third-order valence-electron chi connectivity index (χ3n) is 4.07. The van der Waals surface area contributed by atoms with E-state index in [0.717, 1.165) is 24.6 Å². The highest BCUT2D eigenvalue weighted by Gasteiger charge is 2.14. The second kappa shape index (κ2) is 9.32. The number of benzene rings is 2. The number of thiocarbonyl (C=S) groups is 1. The first-order valence-corrected chi connectivity index (χ1v) is 9.51. The molecule has 0 bridgehead atoms. The van der Waals surface area contributed by atoms with E-state index in [1.807, 2.05) is 18.2 Å². The highest BCUT2D eigenvalue weighted by molar-refractivity contribution is 7.80. The number of amides is 1. The maximum absolute atomic E-state index is 14.1. The number of hydrogen-bond donors (Lipinski definition) is 2. The minimum Gasteiger partial charge on any atom is -0.491 e. The minimum absolute atomic E-state index is 0.0430. The fourth-order valence-corrected chi connectivity index (χ4v) is 2.86. The summed E-state index contributed by atoms with van der Waals surface area (Å²) in [6.45, 7) is 2.57. The number of furan rings is 1. The maximum atomic E-state index is 14.1. The molecule has 0 fully saturated rings. The summed E-state index contributed by atoms with van der Waals surface area (Å²) in [5.74, 6) is -0.635. The quantitative estimate of drug-likeness (QED) is 0.418. The molecule has 28 heavy (non-hydrogen) atoms. The summed E-state index contributed by atoms with van der Waals surface area (Å²) in [6, 6.07) is 13.4. The predicted octanol–water partition coefficient (Wildman–Crippen LogP) is 5.27. The summed E-state index contributed by atoms with van der Waals surface area (Å²) >= 11 is 5.13. The minimum atomic E-state index is -0.493. The van der Waals surface area contributed by atoms with Crippen molar-refractivity contribution in [2.45, 2.75) is 26.2 Å². The normalized spacial score (nSPS) is 10.6. The van der Waals surface area contributed by atoms with Crippen LogP contribution in [0.3, 0.4) is 0 Å². The number of nitrogens with one attached hydrogen (secondary N) is 2. The lowest BCUT2D eigenvalue weighted by molar-refractivity contribution is 0.0953. The van der Waals surface area contributed by atoms with Crippen molar-refractivity contribution in [1.82, 2.24) is 5.32 Å². The summed E-state index contributed by atoms with van der Waals surface area (Å²) in [5.41, 5.74) is 1.02. The van der Waals surface area contributed by atoms with E-state index in [1.165, 1.54) is 12.1 Å². The molecule has 0 radical (unpaired) electrons. The monoisotopic (exact) mass is 400 g/mol. The van der Waals surface area contributed by atoms with Crippen LogP contribution in [0.15, 0.2) is 52.9 Å². The molecule has 0 aliphatic carbocycles. The molecule has 146 valence electrons. The molecule has 0 saturated carbocycles. The van der Waals surface area contributed by atoms with Crippen LogP contribution in [-0.4, -0.2) is 17.6 Å². The van der Waals surface area contributed by atoms with Crippen LogP contribution in [0.4, 0.5) is 10.1 Å². The zero-order chi connectivity index (χ0) is 19.9. The Bertz CT molecular complexity index is 954. The van der Waals surface area contributed by atoms with E-state index >= 15 is 0 Å². The fraction of sp³-hybridized carbons (Fsp3) is 0.238. The molecular weight excluding hydrogens is 379 g/mol. The van der Waals surface area contributed by atoms with Gasteiger partial charge in [-0.15, -0.1) is 0 Å². The summed E-state index contributed by atoms with van der Waals surface area (Å²) in [7, 11) is 0. The summed E-state index contributed by atoms with van der Waals surface area (Å²) in [6.07, 6.45) is 3.00. The van der Waals surface area contributed by atoms with E-state index in [0.29, 0.717) is 17.9 Å². The number of rotatable bonds is 7. The van der Waals surface area contributed by atoms with Gasteiger partial charge in [0.2, 0.25) is 0 Å². The molecule has 2 N–H and O–H groups in total. The van der Waals surface area contributed by atoms with Gasteiger partial charge in [-0.3, -0.25) is 10.1 Å².